The molecule has 42 heavy (non-hydrogen) atoms. The van der Waals surface area contributed by atoms with Crippen molar-refractivity contribution >= 4 is 44.2 Å². The van der Waals surface area contributed by atoms with Crippen molar-refractivity contribution in [2.24, 2.45) is 0 Å². The summed E-state index contributed by atoms with van der Waals surface area (Å²) in [5.41, 5.74) is 2.06. The van der Waals surface area contributed by atoms with E-state index in [2.05, 4.69) is 37.7 Å². The first-order chi connectivity index (χ1) is 24.9. The molecule has 0 saturated heterocycles. The van der Waals surface area contributed by atoms with E-state index in [1.165, 1.54) is 0 Å². The van der Waals surface area contributed by atoms with Gasteiger partial charge in [0, 0.05) is 33.2 Å². The standard InChI is InChI=1S/C37H23ClN4/c38-32-20-19-28(42-33-18-10-9-17-29(33)30-21-26-15-7-8-16-27(26)22-34(30)42)23-31(32)37-40-35(24-11-3-1-4-12-24)39-36(41-37)25-13-5-2-6-14-25/h1-23H/i1D,2D,3D,4D,5D,6D,11D,12D,13D,14D. The third-order valence-electron chi connectivity index (χ3n) is 7.07. The lowest BCUT2D eigenvalue weighted by Crippen LogP contribution is -2.01. The molecule has 0 aliphatic heterocycles. The molecule has 0 fully saturated rings. The fraction of sp³-hybridized carbons (Fsp3) is 0. The van der Waals surface area contributed by atoms with Crippen LogP contribution in [0.1, 0.15) is 13.7 Å². The predicted octanol–water partition coefficient (Wildman–Crippen LogP) is 9.78. The molecular weight excluding hydrogens is 536 g/mol. The number of rotatable bonds is 4. The number of hydrogen-bond donors (Lipinski definition) is 0. The van der Waals surface area contributed by atoms with Crippen LogP contribution in [0.4, 0.5) is 0 Å². The average molecular weight is 569 g/mol. The fourth-order valence-corrected chi connectivity index (χ4v) is 5.40. The monoisotopic (exact) mass is 568 g/mol. The van der Waals surface area contributed by atoms with Crippen LogP contribution in [0.5, 0.6) is 0 Å². The summed E-state index contributed by atoms with van der Waals surface area (Å²) in [6, 6.07) is 19.4. The van der Waals surface area contributed by atoms with Crippen molar-refractivity contribution in [1.29, 1.82) is 0 Å². The van der Waals surface area contributed by atoms with Crippen molar-refractivity contribution in [3.05, 3.63) is 144 Å². The highest BCUT2D eigenvalue weighted by Crippen LogP contribution is 2.37. The van der Waals surface area contributed by atoms with Gasteiger partial charge in [0.05, 0.1) is 29.8 Å². The van der Waals surface area contributed by atoms with E-state index in [-0.39, 0.29) is 39.2 Å². The highest BCUT2D eigenvalue weighted by atomic mass is 35.5. The van der Waals surface area contributed by atoms with Gasteiger partial charge < -0.3 is 4.57 Å². The second-order valence-electron chi connectivity index (χ2n) is 9.54. The van der Waals surface area contributed by atoms with Crippen LogP contribution in [0.2, 0.25) is 5.02 Å². The first-order valence-corrected chi connectivity index (χ1v) is 13.4. The Morgan fingerprint density at radius 2 is 1.14 bits per heavy atom. The minimum atomic E-state index is -0.624. The topological polar surface area (TPSA) is 43.6 Å². The third kappa shape index (κ3) is 4.12. The van der Waals surface area contributed by atoms with E-state index in [1.54, 1.807) is 12.1 Å². The third-order valence-corrected chi connectivity index (χ3v) is 7.40. The van der Waals surface area contributed by atoms with Crippen molar-refractivity contribution in [3.63, 3.8) is 0 Å². The van der Waals surface area contributed by atoms with Crippen LogP contribution in [0.15, 0.2) is 139 Å². The minimum Gasteiger partial charge on any atom is -0.309 e. The summed E-state index contributed by atoms with van der Waals surface area (Å²) in [5.74, 6) is -0.848. The molecule has 8 aromatic rings. The highest BCUT2D eigenvalue weighted by Gasteiger charge is 2.18. The molecule has 0 amide bonds. The van der Waals surface area contributed by atoms with Crippen molar-refractivity contribution in [2.45, 2.75) is 0 Å². The number of aromatic nitrogens is 4. The minimum absolute atomic E-state index is 0.114. The van der Waals surface area contributed by atoms with E-state index < -0.39 is 60.4 Å². The highest BCUT2D eigenvalue weighted by molar-refractivity contribution is 6.33. The lowest BCUT2D eigenvalue weighted by Gasteiger charge is -2.13. The van der Waals surface area contributed by atoms with Gasteiger partial charge in [-0.2, -0.15) is 0 Å². The second-order valence-corrected chi connectivity index (χ2v) is 9.95. The summed E-state index contributed by atoms with van der Waals surface area (Å²) < 4.78 is 85.8. The van der Waals surface area contributed by atoms with Gasteiger partial charge in [0.1, 0.15) is 0 Å². The van der Waals surface area contributed by atoms with Crippen molar-refractivity contribution < 1.29 is 13.7 Å². The zero-order valence-corrected chi connectivity index (χ0v) is 22.4. The molecule has 198 valence electrons. The maximum absolute atomic E-state index is 8.62. The molecule has 0 radical (unpaired) electrons. The van der Waals surface area contributed by atoms with Crippen LogP contribution in [-0.2, 0) is 0 Å². The zero-order valence-electron chi connectivity index (χ0n) is 31.7. The normalized spacial score (nSPS) is 14.8. The molecule has 0 aliphatic rings. The number of fused-ring (bicyclic) bond motifs is 4. The van der Waals surface area contributed by atoms with Gasteiger partial charge in [-0.05, 0) is 47.2 Å². The lowest BCUT2D eigenvalue weighted by molar-refractivity contribution is 1.07. The van der Waals surface area contributed by atoms with Gasteiger partial charge in [-0.15, -0.1) is 0 Å². The van der Waals surface area contributed by atoms with E-state index >= 15 is 0 Å². The van der Waals surface area contributed by atoms with Crippen LogP contribution >= 0.6 is 11.6 Å². The van der Waals surface area contributed by atoms with Crippen LogP contribution in [-0.4, -0.2) is 19.5 Å². The molecule has 0 aliphatic carbocycles. The Labute approximate surface area is 261 Å². The maximum atomic E-state index is 8.62. The van der Waals surface area contributed by atoms with Gasteiger partial charge in [-0.25, -0.2) is 15.0 Å². The van der Waals surface area contributed by atoms with Crippen LogP contribution in [0, 0.1) is 0 Å². The SMILES string of the molecule is [2H]c1c([2H])c([2H])c(-c2nc(-c3cc(-n4c5ccccc5c5cc6ccccc6cc54)ccc3Cl)nc(-c3c([2H])c([2H])c([2H])c([2H])c3[2H])n2)c([2H])c1[2H]. The van der Waals surface area contributed by atoms with E-state index in [1.807, 2.05) is 48.5 Å². The summed E-state index contributed by atoms with van der Waals surface area (Å²) in [6.45, 7) is 0. The van der Waals surface area contributed by atoms with Crippen molar-refractivity contribution in [3.8, 4) is 39.9 Å². The lowest BCUT2D eigenvalue weighted by atomic mass is 10.1. The molecule has 4 nitrogen and oxygen atoms in total. The molecule has 2 heterocycles. The summed E-state index contributed by atoms with van der Waals surface area (Å²) in [7, 11) is 0. The van der Waals surface area contributed by atoms with Crippen molar-refractivity contribution in [2.75, 3.05) is 0 Å². The Morgan fingerprint density at radius 1 is 0.548 bits per heavy atom. The molecule has 0 spiro atoms. The van der Waals surface area contributed by atoms with Crippen LogP contribution in [0.3, 0.4) is 0 Å². The second kappa shape index (κ2) is 9.95. The first kappa shape index (κ1) is 16.2. The number of hydrogen-bond acceptors (Lipinski definition) is 3. The Kier molecular flexibility index (Phi) is 3.84. The largest absolute Gasteiger partial charge is 0.309 e. The predicted molar refractivity (Wildman–Crippen MR) is 173 cm³/mol. The van der Waals surface area contributed by atoms with Gasteiger partial charge >= 0.3 is 0 Å². The Balaban J connectivity index is 1.44. The molecule has 8 rings (SSSR count). The van der Waals surface area contributed by atoms with Gasteiger partial charge in [-0.3, -0.25) is 0 Å². The van der Waals surface area contributed by atoms with Crippen LogP contribution in [0.25, 0.3) is 72.4 Å². The molecule has 0 bridgehead atoms. The Bertz CT molecular complexity index is 2690. The summed E-state index contributed by atoms with van der Waals surface area (Å²) >= 11 is 6.84. The first-order valence-electron chi connectivity index (χ1n) is 18.0. The molecule has 2 aromatic heterocycles. The van der Waals surface area contributed by atoms with E-state index in [4.69, 9.17) is 25.3 Å². The Morgan fingerprint density at radius 3 is 1.83 bits per heavy atom. The zero-order chi connectivity index (χ0) is 36.7. The molecular formula is C37H23ClN4. The van der Waals surface area contributed by atoms with Crippen molar-refractivity contribution in [1.82, 2.24) is 19.5 Å². The summed E-state index contributed by atoms with van der Waals surface area (Å²) in [6.07, 6.45) is 0. The number of para-hydroxylation sites is 1. The fourth-order valence-electron chi connectivity index (χ4n) is 5.20. The number of benzene rings is 6. The summed E-state index contributed by atoms with van der Waals surface area (Å²) in [5, 5.41) is 4.36. The quantitative estimate of drug-likeness (QED) is 0.212. The molecule has 0 unspecified atom stereocenters. The number of halogens is 1. The maximum Gasteiger partial charge on any atom is 0.165 e. The molecule has 0 atom stereocenters. The molecule has 0 saturated carbocycles. The summed E-state index contributed by atoms with van der Waals surface area (Å²) in [4.78, 5) is 13.5. The molecule has 5 heteroatoms. The van der Waals surface area contributed by atoms with Crippen LogP contribution < -0.4 is 0 Å². The van der Waals surface area contributed by atoms with Gasteiger partial charge in [0.15, 0.2) is 17.5 Å². The van der Waals surface area contributed by atoms with Gasteiger partial charge in [0.25, 0.3) is 0 Å². The Hall–Kier alpha value is -5.32. The van der Waals surface area contributed by atoms with E-state index in [0.717, 1.165) is 32.6 Å². The molecule has 6 aromatic carbocycles. The molecule has 0 N–H and O–H groups in total. The van der Waals surface area contributed by atoms with E-state index in [9.17, 15) is 0 Å². The number of nitrogens with zero attached hydrogens (tertiary/aromatic N) is 4. The smallest absolute Gasteiger partial charge is 0.165 e. The van der Waals surface area contributed by atoms with Gasteiger partial charge in [0.2, 0.25) is 0 Å². The van der Waals surface area contributed by atoms with Gasteiger partial charge in [-0.1, -0.05) is 114 Å². The average Bonchev–Trinajstić information content (AvgIpc) is 3.47. The van der Waals surface area contributed by atoms with E-state index in [0.29, 0.717) is 5.69 Å².